The summed E-state index contributed by atoms with van der Waals surface area (Å²) in [7, 11) is 0. The highest BCUT2D eigenvalue weighted by molar-refractivity contribution is 5.36. The highest BCUT2D eigenvalue weighted by atomic mass is 14.9. The van der Waals surface area contributed by atoms with Gasteiger partial charge in [0.15, 0.2) is 0 Å². The van der Waals surface area contributed by atoms with E-state index >= 15 is 0 Å². The Balaban J connectivity index is 1.76. The minimum atomic E-state index is 0.792. The van der Waals surface area contributed by atoms with Gasteiger partial charge in [-0.2, -0.15) is 0 Å². The monoisotopic (exact) mass is 257 g/mol. The predicted molar refractivity (Wildman–Crippen MR) is 81.6 cm³/mol. The zero-order valence-electron chi connectivity index (χ0n) is 12.4. The van der Waals surface area contributed by atoms with Gasteiger partial charge in [-0.05, 0) is 74.6 Å². The van der Waals surface area contributed by atoms with Gasteiger partial charge in [0, 0.05) is 6.04 Å². The van der Waals surface area contributed by atoms with Crippen LogP contribution in [0.3, 0.4) is 0 Å². The maximum Gasteiger partial charge on any atom is 0.00683 e. The summed E-state index contributed by atoms with van der Waals surface area (Å²) in [6.07, 6.45) is 8.46. The quantitative estimate of drug-likeness (QED) is 0.846. The van der Waals surface area contributed by atoms with Crippen LogP contribution in [0.15, 0.2) is 18.2 Å². The molecule has 2 aliphatic rings. The minimum absolute atomic E-state index is 0.792. The van der Waals surface area contributed by atoms with Crippen molar-refractivity contribution in [2.75, 3.05) is 6.54 Å². The molecule has 1 aromatic rings. The Morgan fingerprint density at radius 3 is 2.63 bits per heavy atom. The van der Waals surface area contributed by atoms with Gasteiger partial charge in [-0.1, -0.05) is 31.0 Å². The predicted octanol–water partition coefficient (Wildman–Crippen LogP) is 4.33. The van der Waals surface area contributed by atoms with Gasteiger partial charge in [0.05, 0.1) is 0 Å². The van der Waals surface area contributed by atoms with E-state index in [1.165, 1.54) is 56.2 Å². The molecule has 19 heavy (non-hydrogen) atoms. The molecule has 1 aromatic carbocycles. The summed E-state index contributed by atoms with van der Waals surface area (Å²) in [6.45, 7) is 5.80. The van der Waals surface area contributed by atoms with Crippen molar-refractivity contribution in [2.24, 2.45) is 5.92 Å². The molecule has 104 valence electrons. The number of nitrogens with one attached hydrogen (secondary N) is 1. The van der Waals surface area contributed by atoms with E-state index in [0.717, 1.165) is 17.9 Å². The molecule has 0 amide bonds. The Bertz CT molecular complexity index is 433. The van der Waals surface area contributed by atoms with E-state index in [-0.39, 0.29) is 0 Å². The Kier molecular flexibility index (Phi) is 3.93. The average Bonchev–Trinajstić information content (AvgIpc) is 3.24. The van der Waals surface area contributed by atoms with E-state index in [4.69, 9.17) is 0 Å². The highest BCUT2D eigenvalue weighted by Crippen LogP contribution is 2.39. The van der Waals surface area contributed by atoms with E-state index in [2.05, 4.69) is 37.4 Å². The summed E-state index contributed by atoms with van der Waals surface area (Å²) in [5.74, 6) is 1.65. The smallest absolute Gasteiger partial charge is 0.00683 e. The number of aryl methyl sites for hydroxylation is 1. The van der Waals surface area contributed by atoms with Crippen LogP contribution in [0.1, 0.15) is 61.1 Å². The van der Waals surface area contributed by atoms with Gasteiger partial charge >= 0.3 is 0 Å². The van der Waals surface area contributed by atoms with Crippen LogP contribution in [-0.4, -0.2) is 12.6 Å². The lowest BCUT2D eigenvalue weighted by molar-refractivity contribution is 0.294. The molecule has 1 nitrogen and oxygen atoms in total. The molecule has 0 aliphatic heterocycles. The molecule has 2 aliphatic carbocycles. The molecule has 2 saturated carbocycles. The van der Waals surface area contributed by atoms with Crippen LogP contribution in [0.4, 0.5) is 0 Å². The highest BCUT2D eigenvalue weighted by Gasteiger charge is 2.29. The third-order valence-corrected chi connectivity index (χ3v) is 5.20. The third kappa shape index (κ3) is 3.02. The summed E-state index contributed by atoms with van der Waals surface area (Å²) in [5.41, 5.74) is 4.62. The van der Waals surface area contributed by atoms with Crippen LogP contribution in [0.5, 0.6) is 0 Å². The number of hydrogen-bond donors (Lipinski definition) is 1. The van der Waals surface area contributed by atoms with Crippen molar-refractivity contribution in [3.63, 3.8) is 0 Å². The lowest BCUT2D eigenvalue weighted by Gasteiger charge is -2.33. The molecule has 0 spiro atoms. The van der Waals surface area contributed by atoms with Gasteiger partial charge < -0.3 is 5.32 Å². The van der Waals surface area contributed by atoms with Crippen LogP contribution in [0, 0.1) is 19.8 Å². The number of rotatable bonds is 4. The van der Waals surface area contributed by atoms with E-state index < -0.39 is 0 Å². The fraction of sp³-hybridized carbons (Fsp3) is 0.667. The third-order valence-electron chi connectivity index (χ3n) is 5.20. The van der Waals surface area contributed by atoms with Crippen molar-refractivity contribution < 1.29 is 0 Å². The Labute approximate surface area is 117 Å². The average molecular weight is 257 g/mol. The first kappa shape index (κ1) is 13.2. The Morgan fingerprint density at radius 1 is 1.05 bits per heavy atom. The molecular formula is C18H27N. The van der Waals surface area contributed by atoms with Gasteiger partial charge in [-0.3, -0.25) is 0 Å². The van der Waals surface area contributed by atoms with Crippen LogP contribution in [0.25, 0.3) is 0 Å². The van der Waals surface area contributed by atoms with Crippen molar-refractivity contribution in [3.8, 4) is 0 Å². The SMILES string of the molecule is Cc1cccc(C2CCCCC2CNC2CC2)c1C. The van der Waals surface area contributed by atoms with Gasteiger partial charge in [-0.15, -0.1) is 0 Å². The maximum atomic E-state index is 3.76. The normalized spacial score (nSPS) is 27.5. The molecule has 0 radical (unpaired) electrons. The van der Waals surface area contributed by atoms with Crippen molar-refractivity contribution >= 4 is 0 Å². The Hall–Kier alpha value is -0.820. The molecule has 1 heteroatoms. The zero-order chi connectivity index (χ0) is 13.2. The van der Waals surface area contributed by atoms with Crippen molar-refractivity contribution in [1.82, 2.24) is 5.32 Å². The molecule has 2 unspecified atom stereocenters. The summed E-state index contributed by atoms with van der Waals surface area (Å²) >= 11 is 0. The second kappa shape index (κ2) is 5.66. The van der Waals surface area contributed by atoms with Crippen molar-refractivity contribution in [3.05, 3.63) is 34.9 Å². The fourth-order valence-corrected chi connectivity index (χ4v) is 3.64. The van der Waals surface area contributed by atoms with E-state index in [1.54, 1.807) is 5.56 Å². The number of hydrogen-bond acceptors (Lipinski definition) is 1. The largest absolute Gasteiger partial charge is 0.314 e. The summed E-state index contributed by atoms with van der Waals surface area (Å²) in [5, 5.41) is 3.76. The van der Waals surface area contributed by atoms with Gasteiger partial charge in [0.2, 0.25) is 0 Å². The zero-order valence-corrected chi connectivity index (χ0v) is 12.4. The summed E-state index contributed by atoms with van der Waals surface area (Å²) in [4.78, 5) is 0. The molecule has 1 N–H and O–H groups in total. The summed E-state index contributed by atoms with van der Waals surface area (Å²) < 4.78 is 0. The first-order valence-corrected chi connectivity index (χ1v) is 8.05. The second-order valence-corrected chi connectivity index (χ2v) is 6.62. The van der Waals surface area contributed by atoms with E-state index in [1.807, 2.05) is 0 Å². The molecule has 0 bridgehead atoms. The molecule has 2 fully saturated rings. The van der Waals surface area contributed by atoms with Gasteiger partial charge in [0.1, 0.15) is 0 Å². The molecule has 0 heterocycles. The van der Waals surface area contributed by atoms with Crippen LogP contribution >= 0.6 is 0 Å². The first-order chi connectivity index (χ1) is 9.25. The van der Waals surface area contributed by atoms with Crippen molar-refractivity contribution in [2.45, 2.75) is 64.3 Å². The van der Waals surface area contributed by atoms with Gasteiger partial charge in [-0.25, -0.2) is 0 Å². The summed E-state index contributed by atoms with van der Waals surface area (Å²) in [6, 6.07) is 7.72. The van der Waals surface area contributed by atoms with Crippen molar-refractivity contribution in [1.29, 1.82) is 0 Å². The standard InChI is InChI=1S/C18H27N/c1-13-6-5-9-17(14(13)2)18-8-4-3-7-15(18)12-19-16-10-11-16/h5-6,9,15-16,18-19H,3-4,7-8,10-12H2,1-2H3. The number of benzene rings is 1. The van der Waals surface area contributed by atoms with Crippen LogP contribution in [-0.2, 0) is 0 Å². The Morgan fingerprint density at radius 2 is 1.84 bits per heavy atom. The molecule has 2 atom stereocenters. The van der Waals surface area contributed by atoms with E-state index in [9.17, 15) is 0 Å². The van der Waals surface area contributed by atoms with Gasteiger partial charge in [0.25, 0.3) is 0 Å². The fourth-order valence-electron chi connectivity index (χ4n) is 3.64. The van der Waals surface area contributed by atoms with Crippen LogP contribution in [0.2, 0.25) is 0 Å². The minimum Gasteiger partial charge on any atom is -0.314 e. The second-order valence-electron chi connectivity index (χ2n) is 6.62. The first-order valence-electron chi connectivity index (χ1n) is 8.05. The topological polar surface area (TPSA) is 12.0 Å². The van der Waals surface area contributed by atoms with E-state index in [0.29, 0.717) is 0 Å². The van der Waals surface area contributed by atoms with Crippen LogP contribution < -0.4 is 5.32 Å². The lowest BCUT2D eigenvalue weighted by Crippen LogP contribution is -2.31. The lowest BCUT2D eigenvalue weighted by atomic mass is 9.74. The molecule has 0 aromatic heterocycles. The molecule has 3 rings (SSSR count). The molecule has 0 saturated heterocycles. The molecular weight excluding hydrogens is 230 g/mol. The maximum absolute atomic E-state index is 3.76.